The summed E-state index contributed by atoms with van der Waals surface area (Å²) in [6, 6.07) is 5.24. The van der Waals surface area contributed by atoms with E-state index in [1.165, 1.54) is 17.8 Å². The molecule has 0 bridgehead atoms. The lowest BCUT2D eigenvalue weighted by Crippen LogP contribution is -2.14. The summed E-state index contributed by atoms with van der Waals surface area (Å²) in [6.45, 7) is 0. The van der Waals surface area contributed by atoms with Crippen molar-refractivity contribution in [3.05, 3.63) is 57.1 Å². The lowest BCUT2D eigenvalue weighted by atomic mass is 10.1. The molecule has 22 heavy (non-hydrogen) atoms. The Morgan fingerprint density at radius 1 is 1.27 bits per heavy atom. The second-order valence-corrected chi connectivity index (χ2v) is 6.11. The minimum atomic E-state index is -4.34. The van der Waals surface area contributed by atoms with Gasteiger partial charge in [0.1, 0.15) is 5.03 Å². The number of alkyl halides is 3. The summed E-state index contributed by atoms with van der Waals surface area (Å²) in [5.74, 6) is 0.354. The van der Waals surface area contributed by atoms with Gasteiger partial charge in [0.15, 0.2) is 0 Å². The molecule has 0 saturated heterocycles. The number of aryl methyl sites for hydroxylation is 1. The molecule has 0 amide bonds. The van der Waals surface area contributed by atoms with E-state index < -0.39 is 17.4 Å². The number of thioether (sulfide) groups is 1. The van der Waals surface area contributed by atoms with Crippen molar-refractivity contribution in [1.82, 2.24) is 9.97 Å². The second-order valence-electron chi connectivity index (χ2n) is 5.14. The molecule has 0 unspecified atom stereocenters. The van der Waals surface area contributed by atoms with Gasteiger partial charge in [-0.05, 0) is 30.9 Å². The molecule has 1 heterocycles. The van der Waals surface area contributed by atoms with Gasteiger partial charge in [-0.3, -0.25) is 0 Å². The van der Waals surface area contributed by atoms with Crippen LogP contribution in [-0.2, 0) is 24.8 Å². The summed E-state index contributed by atoms with van der Waals surface area (Å²) in [6.07, 6.45) is -1.70. The van der Waals surface area contributed by atoms with Gasteiger partial charge in [0.25, 0.3) is 0 Å². The SMILES string of the molecule is O=c1nc(SCc2cccc(C(F)(F)F)c2)c2c([nH]1)CCC2. The van der Waals surface area contributed by atoms with E-state index in [9.17, 15) is 18.0 Å². The fraction of sp³-hybridized carbons (Fsp3) is 0.333. The number of hydrogen-bond acceptors (Lipinski definition) is 3. The quantitative estimate of drug-likeness (QED) is 0.693. The molecule has 3 rings (SSSR count). The Labute approximate surface area is 129 Å². The van der Waals surface area contributed by atoms with Crippen molar-refractivity contribution in [2.75, 3.05) is 0 Å². The van der Waals surface area contributed by atoms with E-state index in [4.69, 9.17) is 0 Å². The van der Waals surface area contributed by atoms with Crippen LogP contribution < -0.4 is 5.69 Å². The normalized spacial score (nSPS) is 14.1. The van der Waals surface area contributed by atoms with Crippen molar-refractivity contribution in [3.8, 4) is 0 Å². The second kappa shape index (κ2) is 5.79. The van der Waals surface area contributed by atoms with Crippen molar-refractivity contribution in [3.63, 3.8) is 0 Å². The number of rotatable bonds is 3. The predicted molar refractivity (Wildman–Crippen MR) is 77.9 cm³/mol. The van der Waals surface area contributed by atoms with Crippen LogP contribution in [0.1, 0.15) is 28.8 Å². The van der Waals surface area contributed by atoms with Gasteiger partial charge in [-0.2, -0.15) is 18.2 Å². The first kappa shape index (κ1) is 15.1. The zero-order valence-electron chi connectivity index (χ0n) is 11.5. The summed E-state index contributed by atoms with van der Waals surface area (Å²) < 4.78 is 38.1. The van der Waals surface area contributed by atoms with Crippen molar-refractivity contribution < 1.29 is 13.2 Å². The highest BCUT2D eigenvalue weighted by atomic mass is 32.2. The van der Waals surface area contributed by atoms with Crippen LogP contribution in [0.3, 0.4) is 0 Å². The van der Waals surface area contributed by atoms with Gasteiger partial charge in [0.2, 0.25) is 0 Å². The smallest absolute Gasteiger partial charge is 0.309 e. The highest BCUT2D eigenvalue weighted by molar-refractivity contribution is 7.98. The first-order valence-corrected chi connectivity index (χ1v) is 7.83. The van der Waals surface area contributed by atoms with Crippen LogP contribution >= 0.6 is 11.8 Å². The zero-order valence-corrected chi connectivity index (χ0v) is 12.4. The standard InChI is InChI=1S/C15H13F3N2OS/c16-15(17,18)10-4-1-3-9(7-10)8-22-13-11-5-2-6-12(11)19-14(21)20-13/h1,3-4,7H,2,5-6,8H2,(H,19,20,21). The molecule has 0 aliphatic heterocycles. The molecular weight excluding hydrogens is 313 g/mol. The zero-order chi connectivity index (χ0) is 15.7. The van der Waals surface area contributed by atoms with Crippen LogP contribution in [0.2, 0.25) is 0 Å². The lowest BCUT2D eigenvalue weighted by molar-refractivity contribution is -0.137. The molecule has 1 N–H and O–H groups in total. The Kier molecular flexibility index (Phi) is 3.99. The molecule has 3 nitrogen and oxygen atoms in total. The van der Waals surface area contributed by atoms with Gasteiger partial charge in [-0.25, -0.2) is 4.79 Å². The molecule has 0 spiro atoms. The van der Waals surface area contributed by atoms with Crippen molar-refractivity contribution in [1.29, 1.82) is 0 Å². The van der Waals surface area contributed by atoms with Crippen LogP contribution in [0, 0.1) is 0 Å². The third kappa shape index (κ3) is 3.19. The third-order valence-corrected chi connectivity index (χ3v) is 4.66. The van der Waals surface area contributed by atoms with Crippen LogP contribution in [0.25, 0.3) is 0 Å². The van der Waals surface area contributed by atoms with Gasteiger partial charge in [0.05, 0.1) is 5.56 Å². The van der Waals surface area contributed by atoms with E-state index in [1.807, 2.05) is 0 Å². The number of H-pyrrole nitrogens is 1. The molecule has 0 fully saturated rings. The number of hydrogen-bond donors (Lipinski definition) is 1. The Bertz CT molecular complexity index is 755. The van der Waals surface area contributed by atoms with E-state index in [0.717, 1.165) is 42.7 Å². The molecule has 1 aromatic heterocycles. The highest BCUT2D eigenvalue weighted by Gasteiger charge is 2.30. The molecule has 1 aliphatic carbocycles. The lowest BCUT2D eigenvalue weighted by Gasteiger charge is -2.09. The van der Waals surface area contributed by atoms with E-state index in [-0.39, 0.29) is 0 Å². The van der Waals surface area contributed by atoms with Crippen LogP contribution in [0.4, 0.5) is 13.2 Å². The van der Waals surface area contributed by atoms with Gasteiger partial charge in [0, 0.05) is 17.0 Å². The number of aromatic amines is 1. The summed E-state index contributed by atoms with van der Waals surface area (Å²) in [4.78, 5) is 18.2. The molecule has 7 heteroatoms. The first-order chi connectivity index (χ1) is 10.4. The van der Waals surface area contributed by atoms with E-state index in [0.29, 0.717) is 16.3 Å². The minimum Gasteiger partial charge on any atom is -0.309 e. The van der Waals surface area contributed by atoms with E-state index >= 15 is 0 Å². The van der Waals surface area contributed by atoms with Crippen LogP contribution in [-0.4, -0.2) is 9.97 Å². The van der Waals surface area contributed by atoms with Gasteiger partial charge in [-0.15, -0.1) is 11.8 Å². The average molecular weight is 326 g/mol. The Balaban J connectivity index is 1.81. The fourth-order valence-corrected chi connectivity index (χ4v) is 3.57. The molecule has 0 saturated carbocycles. The van der Waals surface area contributed by atoms with Gasteiger partial charge in [-0.1, -0.05) is 18.2 Å². The third-order valence-electron chi connectivity index (χ3n) is 3.57. The molecule has 1 aromatic carbocycles. The maximum Gasteiger partial charge on any atom is 0.416 e. The Hall–Kier alpha value is -1.76. The van der Waals surface area contributed by atoms with Crippen molar-refractivity contribution in [2.24, 2.45) is 0 Å². The number of nitrogens with zero attached hydrogens (tertiary/aromatic N) is 1. The topological polar surface area (TPSA) is 45.8 Å². The molecule has 2 aromatic rings. The minimum absolute atomic E-state index is 0.354. The number of benzene rings is 1. The number of fused-ring (bicyclic) bond motifs is 1. The number of halogens is 3. The largest absolute Gasteiger partial charge is 0.416 e. The molecule has 116 valence electrons. The van der Waals surface area contributed by atoms with E-state index in [1.54, 1.807) is 6.07 Å². The monoisotopic (exact) mass is 326 g/mol. The number of aromatic nitrogens is 2. The highest BCUT2D eigenvalue weighted by Crippen LogP contribution is 2.32. The summed E-state index contributed by atoms with van der Waals surface area (Å²) in [5.41, 5.74) is 1.44. The Morgan fingerprint density at radius 2 is 2.09 bits per heavy atom. The van der Waals surface area contributed by atoms with Gasteiger partial charge < -0.3 is 4.98 Å². The maximum atomic E-state index is 12.7. The maximum absolute atomic E-state index is 12.7. The van der Waals surface area contributed by atoms with Crippen LogP contribution in [0.5, 0.6) is 0 Å². The predicted octanol–water partition coefficient (Wildman–Crippen LogP) is 3.57. The summed E-state index contributed by atoms with van der Waals surface area (Å²) in [5, 5.41) is 0.633. The molecule has 0 radical (unpaired) electrons. The van der Waals surface area contributed by atoms with Crippen molar-refractivity contribution >= 4 is 11.8 Å². The molecular formula is C15H13F3N2OS. The first-order valence-electron chi connectivity index (χ1n) is 6.84. The summed E-state index contributed by atoms with van der Waals surface area (Å²) >= 11 is 1.31. The summed E-state index contributed by atoms with van der Waals surface area (Å²) in [7, 11) is 0. The molecule has 0 atom stereocenters. The van der Waals surface area contributed by atoms with Crippen molar-refractivity contribution in [2.45, 2.75) is 36.2 Å². The Morgan fingerprint density at radius 3 is 2.86 bits per heavy atom. The van der Waals surface area contributed by atoms with Crippen LogP contribution in [0.15, 0.2) is 34.1 Å². The van der Waals surface area contributed by atoms with E-state index in [2.05, 4.69) is 9.97 Å². The van der Waals surface area contributed by atoms with Gasteiger partial charge >= 0.3 is 11.9 Å². The average Bonchev–Trinajstić information content (AvgIpc) is 2.92. The fourth-order valence-electron chi connectivity index (χ4n) is 2.54. The number of nitrogens with one attached hydrogen (secondary N) is 1. The molecule has 1 aliphatic rings.